The molecule has 1 heterocycles. The molecule has 0 spiro atoms. The van der Waals surface area contributed by atoms with E-state index in [2.05, 4.69) is 11.6 Å². The van der Waals surface area contributed by atoms with E-state index < -0.39 is 5.97 Å². The number of rotatable bonds is 5. The fraction of sp³-hybridized carbons (Fsp3) is 0.167. The summed E-state index contributed by atoms with van der Waals surface area (Å²) in [6.07, 6.45) is 0.0884. The molecular weight excluding hydrogens is 236 g/mol. The van der Waals surface area contributed by atoms with E-state index in [1.54, 1.807) is 5.41 Å². The molecule has 0 aliphatic carbocycles. The summed E-state index contributed by atoms with van der Waals surface area (Å²) in [6, 6.07) is 7.69. The van der Waals surface area contributed by atoms with E-state index in [4.69, 9.17) is 5.11 Å². The Morgan fingerprint density at radius 2 is 2.29 bits per heavy atom. The first-order valence-corrected chi connectivity index (χ1v) is 6.05. The van der Waals surface area contributed by atoms with Crippen LogP contribution in [0, 0.1) is 0 Å². The van der Waals surface area contributed by atoms with Gasteiger partial charge in [-0.25, -0.2) is 4.98 Å². The summed E-state index contributed by atoms with van der Waals surface area (Å²) in [6.45, 7) is 4.08. The number of nitrogens with zero attached hydrogens (tertiary/aromatic N) is 2. The molecule has 2 aromatic rings. The predicted molar refractivity (Wildman–Crippen MR) is 68.0 cm³/mol. The smallest absolute Gasteiger partial charge is 0.305 e. The van der Waals surface area contributed by atoms with E-state index >= 15 is 0 Å². The molecule has 0 saturated heterocycles. The molecule has 1 N–H and O–H groups in total. The van der Waals surface area contributed by atoms with Crippen LogP contribution < -0.4 is 0 Å². The van der Waals surface area contributed by atoms with E-state index in [1.807, 2.05) is 28.8 Å². The normalized spacial score (nSPS) is 10.6. The lowest BCUT2D eigenvalue weighted by molar-refractivity contribution is -0.137. The van der Waals surface area contributed by atoms with Crippen LogP contribution in [0.4, 0.5) is 0 Å². The molecule has 0 amide bonds. The maximum absolute atomic E-state index is 10.6. The molecule has 0 radical (unpaired) electrons. The lowest BCUT2D eigenvalue weighted by Gasteiger charge is -2.05. The predicted octanol–water partition coefficient (Wildman–Crippen LogP) is 2.75. The van der Waals surface area contributed by atoms with Gasteiger partial charge < -0.3 is 9.67 Å². The highest BCUT2D eigenvalue weighted by Gasteiger charge is 2.10. The summed E-state index contributed by atoms with van der Waals surface area (Å²) in [5, 5.41) is 11.2. The largest absolute Gasteiger partial charge is 0.481 e. The third-order valence-corrected chi connectivity index (χ3v) is 3.05. The Kier molecular flexibility index (Phi) is 3.49. The number of para-hydroxylation sites is 2. The van der Waals surface area contributed by atoms with Crippen molar-refractivity contribution in [1.29, 1.82) is 0 Å². The lowest BCUT2D eigenvalue weighted by Crippen LogP contribution is -2.05. The highest BCUT2D eigenvalue weighted by atomic mass is 32.2. The summed E-state index contributed by atoms with van der Waals surface area (Å²) < 4.78 is 1.91. The fourth-order valence-corrected chi connectivity index (χ4v) is 2.26. The van der Waals surface area contributed by atoms with Crippen molar-refractivity contribution < 1.29 is 9.90 Å². The van der Waals surface area contributed by atoms with Gasteiger partial charge in [-0.3, -0.25) is 4.79 Å². The molecule has 0 aliphatic heterocycles. The van der Waals surface area contributed by atoms with Gasteiger partial charge in [0.15, 0.2) is 5.16 Å². The Morgan fingerprint density at radius 3 is 3.00 bits per heavy atom. The number of aliphatic carboxylic acids is 1. The number of carboxylic acid groups (broad SMARTS) is 1. The molecule has 0 aliphatic rings. The number of hydrogen-bond donors (Lipinski definition) is 1. The zero-order valence-electron chi connectivity index (χ0n) is 9.17. The van der Waals surface area contributed by atoms with E-state index in [1.165, 1.54) is 11.8 Å². The van der Waals surface area contributed by atoms with Crippen LogP contribution in [0.5, 0.6) is 0 Å². The number of aromatic nitrogens is 2. The third kappa shape index (κ3) is 2.50. The molecule has 0 unspecified atom stereocenters. The Balaban J connectivity index is 2.43. The van der Waals surface area contributed by atoms with Gasteiger partial charge >= 0.3 is 5.97 Å². The standard InChI is InChI=1S/C12H12N2O2S/c1-2-17-12-13-9-5-3-4-6-10(9)14(12)8-7-11(15)16/h2-6H,1,7-8H2,(H,15,16). The number of fused-ring (bicyclic) bond motifs is 1. The minimum absolute atomic E-state index is 0.0884. The molecule has 17 heavy (non-hydrogen) atoms. The van der Waals surface area contributed by atoms with Crippen LogP contribution in [0.25, 0.3) is 11.0 Å². The minimum atomic E-state index is -0.808. The van der Waals surface area contributed by atoms with Crippen molar-refractivity contribution in [3.8, 4) is 0 Å². The number of aryl methyl sites for hydroxylation is 1. The van der Waals surface area contributed by atoms with Crippen LogP contribution in [0.2, 0.25) is 0 Å². The summed E-state index contributed by atoms with van der Waals surface area (Å²) >= 11 is 1.40. The Morgan fingerprint density at radius 1 is 1.53 bits per heavy atom. The SMILES string of the molecule is C=CSc1nc2ccccc2n1CCC(=O)O. The molecule has 1 aromatic carbocycles. The molecule has 0 atom stereocenters. The van der Waals surface area contributed by atoms with Gasteiger partial charge in [0.25, 0.3) is 0 Å². The van der Waals surface area contributed by atoms with Crippen molar-refractivity contribution in [2.45, 2.75) is 18.1 Å². The number of thioether (sulfide) groups is 1. The van der Waals surface area contributed by atoms with E-state index in [-0.39, 0.29) is 6.42 Å². The average Bonchev–Trinajstić information content (AvgIpc) is 2.64. The minimum Gasteiger partial charge on any atom is -0.481 e. The zero-order valence-corrected chi connectivity index (χ0v) is 9.98. The van der Waals surface area contributed by atoms with Crippen molar-refractivity contribution >= 4 is 28.8 Å². The van der Waals surface area contributed by atoms with Crippen molar-refractivity contribution in [1.82, 2.24) is 9.55 Å². The zero-order chi connectivity index (χ0) is 12.3. The maximum atomic E-state index is 10.6. The van der Waals surface area contributed by atoms with Crippen molar-refractivity contribution in [2.75, 3.05) is 0 Å². The van der Waals surface area contributed by atoms with Crippen LogP contribution in [0.1, 0.15) is 6.42 Å². The third-order valence-electron chi connectivity index (χ3n) is 2.36. The molecular formula is C12H12N2O2S. The van der Waals surface area contributed by atoms with Crippen LogP contribution in [0.15, 0.2) is 41.4 Å². The molecule has 5 heteroatoms. The summed E-state index contributed by atoms with van der Waals surface area (Å²) in [7, 11) is 0. The van der Waals surface area contributed by atoms with Gasteiger partial charge in [0.2, 0.25) is 0 Å². The van der Waals surface area contributed by atoms with Gasteiger partial charge in [-0.1, -0.05) is 30.5 Å². The Hall–Kier alpha value is -1.75. The fourth-order valence-electron chi connectivity index (χ4n) is 1.64. The van der Waals surface area contributed by atoms with Crippen molar-refractivity contribution in [2.24, 2.45) is 0 Å². The number of benzene rings is 1. The molecule has 0 fully saturated rings. The summed E-state index contributed by atoms with van der Waals surface area (Å²) in [5.74, 6) is -0.808. The van der Waals surface area contributed by atoms with Gasteiger partial charge in [0, 0.05) is 6.54 Å². The van der Waals surface area contributed by atoms with Gasteiger partial charge in [0.05, 0.1) is 17.5 Å². The first-order chi connectivity index (χ1) is 8.22. The molecule has 2 rings (SSSR count). The van der Waals surface area contributed by atoms with Crippen molar-refractivity contribution in [3.63, 3.8) is 0 Å². The van der Waals surface area contributed by atoms with E-state index in [0.29, 0.717) is 6.54 Å². The van der Waals surface area contributed by atoms with Crippen LogP contribution in [-0.2, 0) is 11.3 Å². The quantitative estimate of drug-likeness (QED) is 0.827. The highest BCUT2D eigenvalue weighted by molar-refractivity contribution is 8.02. The molecule has 0 saturated carbocycles. The highest BCUT2D eigenvalue weighted by Crippen LogP contribution is 2.24. The van der Waals surface area contributed by atoms with Crippen LogP contribution in [0.3, 0.4) is 0 Å². The number of carbonyl (C=O) groups is 1. The first kappa shape index (κ1) is 11.7. The summed E-state index contributed by atoms with van der Waals surface area (Å²) in [5.41, 5.74) is 1.83. The molecule has 0 bridgehead atoms. The van der Waals surface area contributed by atoms with Gasteiger partial charge in [0.1, 0.15) is 0 Å². The Labute approximate surface area is 103 Å². The molecule has 1 aromatic heterocycles. The van der Waals surface area contributed by atoms with E-state index in [9.17, 15) is 4.79 Å². The van der Waals surface area contributed by atoms with Gasteiger partial charge in [-0.15, -0.1) is 0 Å². The summed E-state index contributed by atoms with van der Waals surface area (Å²) in [4.78, 5) is 15.1. The van der Waals surface area contributed by atoms with Gasteiger partial charge in [-0.05, 0) is 17.5 Å². The second-order valence-electron chi connectivity index (χ2n) is 3.46. The van der Waals surface area contributed by atoms with Crippen molar-refractivity contribution in [3.05, 3.63) is 36.3 Å². The molecule has 88 valence electrons. The average molecular weight is 248 g/mol. The monoisotopic (exact) mass is 248 g/mol. The Bertz CT molecular complexity index is 563. The topological polar surface area (TPSA) is 55.1 Å². The second-order valence-corrected chi connectivity index (χ2v) is 4.40. The van der Waals surface area contributed by atoms with Crippen LogP contribution >= 0.6 is 11.8 Å². The maximum Gasteiger partial charge on any atom is 0.305 e. The second kappa shape index (κ2) is 5.05. The lowest BCUT2D eigenvalue weighted by atomic mass is 10.3. The first-order valence-electron chi connectivity index (χ1n) is 5.17. The van der Waals surface area contributed by atoms with Gasteiger partial charge in [-0.2, -0.15) is 0 Å². The molecule has 4 nitrogen and oxygen atoms in total. The number of carboxylic acids is 1. The number of imidazole rings is 1. The number of hydrogen-bond acceptors (Lipinski definition) is 3. The van der Waals surface area contributed by atoms with E-state index in [0.717, 1.165) is 16.2 Å². The van der Waals surface area contributed by atoms with Crippen LogP contribution in [-0.4, -0.2) is 20.6 Å².